The highest BCUT2D eigenvalue weighted by molar-refractivity contribution is 6.05. The molecule has 1 aromatic carbocycles. The molecule has 0 radical (unpaired) electrons. The van der Waals surface area contributed by atoms with Gasteiger partial charge in [0.05, 0.1) is 18.2 Å². The lowest BCUT2D eigenvalue weighted by Gasteiger charge is -2.08. The van der Waals surface area contributed by atoms with Crippen LogP contribution in [0, 0.1) is 6.92 Å². The van der Waals surface area contributed by atoms with Crippen LogP contribution in [0.1, 0.15) is 32.7 Å². The van der Waals surface area contributed by atoms with Crippen LogP contribution >= 0.6 is 0 Å². The molecule has 0 spiro atoms. The van der Waals surface area contributed by atoms with Crippen molar-refractivity contribution in [2.24, 2.45) is 5.73 Å². The maximum atomic E-state index is 12.2. The van der Waals surface area contributed by atoms with Crippen molar-refractivity contribution in [2.75, 3.05) is 5.32 Å². The maximum Gasteiger partial charge on any atom is 0.390 e. The van der Waals surface area contributed by atoms with Crippen molar-refractivity contribution in [3.05, 3.63) is 47.3 Å². The van der Waals surface area contributed by atoms with Crippen LogP contribution in [0.2, 0.25) is 0 Å². The van der Waals surface area contributed by atoms with E-state index in [-0.39, 0.29) is 17.7 Å². The Morgan fingerprint density at radius 1 is 1.29 bits per heavy atom. The minimum Gasteiger partial charge on any atom is -0.366 e. The number of benzene rings is 1. The summed E-state index contributed by atoms with van der Waals surface area (Å²) in [6.07, 6.45) is -2.91. The number of halogens is 3. The van der Waals surface area contributed by atoms with E-state index in [1.165, 1.54) is 24.5 Å². The molecule has 0 aliphatic rings. The zero-order valence-electron chi connectivity index (χ0n) is 12.7. The number of hydrogen-bond donors (Lipinski definition) is 2. The summed E-state index contributed by atoms with van der Waals surface area (Å²) in [7, 11) is 0. The van der Waals surface area contributed by atoms with Crippen molar-refractivity contribution in [1.29, 1.82) is 0 Å². The Hall–Kier alpha value is -2.84. The van der Waals surface area contributed by atoms with Crippen LogP contribution in [-0.4, -0.2) is 27.8 Å². The molecule has 2 amide bonds. The molecule has 9 heteroatoms. The van der Waals surface area contributed by atoms with Gasteiger partial charge >= 0.3 is 6.18 Å². The van der Waals surface area contributed by atoms with E-state index in [1.807, 2.05) is 0 Å². The summed E-state index contributed by atoms with van der Waals surface area (Å²) in [5.74, 6) is -1.18. The molecule has 6 nitrogen and oxygen atoms in total. The molecule has 0 saturated heterocycles. The van der Waals surface area contributed by atoms with Crippen LogP contribution in [-0.2, 0) is 6.54 Å². The number of rotatable bonds is 5. The van der Waals surface area contributed by atoms with Gasteiger partial charge in [0.2, 0.25) is 5.91 Å². The molecule has 0 aliphatic heterocycles. The molecule has 3 N–H and O–H groups in total. The van der Waals surface area contributed by atoms with Gasteiger partial charge in [0, 0.05) is 24.0 Å². The molecule has 0 saturated carbocycles. The van der Waals surface area contributed by atoms with Crippen LogP contribution in [0.15, 0.2) is 30.6 Å². The molecular weight excluding hydrogens is 325 g/mol. The Morgan fingerprint density at radius 3 is 2.62 bits per heavy atom. The second-order valence-electron chi connectivity index (χ2n) is 5.21. The predicted molar refractivity (Wildman–Crippen MR) is 80.5 cm³/mol. The Morgan fingerprint density at radius 2 is 2.00 bits per heavy atom. The van der Waals surface area contributed by atoms with Crippen molar-refractivity contribution in [2.45, 2.75) is 26.1 Å². The van der Waals surface area contributed by atoms with E-state index in [4.69, 9.17) is 5.73 Å². The van der Waals surface area contributed by atoms with E-state index in [0.29, 0.717) is 11.3 Å². The van der Waals surface area contributed by atoms with E-state index in [1.54, 1.807) is 13.0 Å². The number of nitrogens with two attached hydrogens (primary N) is 1. The van der Waals surface area contributed by atoms with Crippen molar-refractivity contribution in [3.8, 4) is 0 Å². The summed E-state index contributed by atoms with van der Waals surface area (Å²) in [4.78, 5) is 23.3. The van der Waals surface area contributed by atoms with Gasteiger partial charge in [-0.2, -0.15) is 18.3 Å². The predicted octanol–water partition coefficient (Wildman–Crippen LogP) is 2.50. The fourth-order valence-corrected chi connectivity index (χ4v) is 1.95. The zero-order chi connectivity index (χ0) is 17.9. The van der Waals surface area contributed by atoms with Crippen LogP contribution < -0.4 is 11.1 Å². The van der Waals surface area contributed by atoms with E-state index in [0.717, 1.165) is 4.68 Å². The summed E-state index contributed by atoms with van der Waals surface area (Å²) in [5, 5.41) is 6.32. The van der Waals surface area contributed by atoms with Crippen molar-refractivity contribution >= 4 is 17.5 Å². The number of nitrogens with zero attached hydrogens (tertiary/aromatic N) is 2. The van der Waals surface area contributed by atoms with Gasteiger partial charge in [-0.25, -0.2) is 0 Å². The van der Waals surface area contributed by atoms with Crippen LogP contribution in [0.4, 0.5) is 18.9 Å². The molecule has 0 atom stereocenters. The number of aromatic nitrogens is 2. The number of carbonyl (C=O) groups is 2. The van der Waals surface area contributed by atoms with Crippen molar-refractivity contribution in [3.63, 3.8) is 0 Å². The minimum atomic E-state index is -4.29. The average Bonchev–Trinajstić information content (AvgIpc) is 2.95. The lowest BCUT2D eigenvalue weighted by atomic mass is 10.1. The first-order chi connectivity index (χ1) is 11.2. The Bertz CT molecular complexity index is 768. The lowest BCUT2D eigenvalue weighted by Crippen LogP contribution is -2.15. The number of aryl methyl sites for hydroxylation is 2. The van der Waals surface area contributed by atoms with Gasteiger partial charge in [-0.1, -0.05) is 6.07 Å². The highest BCUT2D eigenvalue weighted by Crippen LogP contribution is 2.20. The highest BCUT2D eigenvalue weighted by atomic mass is 19.4. The van der Waals surface area contributed by atoms with Crippen LogP contribution in [0.25, 0.3) is 0 Å². The molecule has 1 aromatic heterocycles. The quantitative estimate of drug-likeness (QED) is 0.876. The van der Waals surface area contributed by atoms with Crippen LogP contribution in [0.5, 0.6) is 0 Å². The molecule has 0 fully saturated rings. The smallest absolute Gasteiger partial charge is 0.366 e. The van der Waals surface area contributed by atoms with Gasteiger partial charge in [0.1, 0.15) is 0 Å². The van der Waals surface area contributed by atoms with Gasteiger partial charge < -0.3 is 11.1 Å². The number of hydrogen-bond acceptors (Lipinski definition) is 3. The van der Waals surface area contributed by atoms with Gasteiger partial charge in [-0.3, -0.25) is 14.3 Å². The van der Waals surface area contributed by atoms with Gasteiger partial charge in [-0.05, 0) is 24.6 Å². The SMILES string of the molecule is Cc1ccc(C(N)=O)cc1NC(=O)c1cnn(CCC(F)(F)F)c1. The topological polar surface area (TPSA) is 90.0 Å². The highest BCUT2D eigenvalue weighted by Gasteiger charge is 2.26. The second-order valence-corrected chi connectivity index (χ2v) is 5.21. The molecular formula is C15H15F3N4O2. The van der Waals surface area contributed by atoms with E-state index >= 15 is 0 Å². The molecule has 24 heavy (non-hydrogen) atoms. The number of amides is 2. The van der Waals surface area contributed by atoms with Crippen molar-refractivity contribution in [1.82, 2.24) is 9.78 Å². The van der Waals surface area contributed by atoms with Crippen molar-refractivity contribution < 1.29 is 22.8 Å². The largest absolute Gasteiger partial charge is 0.390 e. The molecule has 0 bridgehead atoms. The third kappa shape index (κ3) is 4.58. The third-order valence-electron chi connectivity index (χ3n) is 3.29. The summed E-state index contributed by atoms with van der Waals surface area (Å²) < 4.78 is 37.6. The van der Waals surface area contributed by atoms with Gasteiger partial charge in [0.15, 0.2) is 0 Å². The summed E-state index contributed by atoms with van der Waals surface area (Å²) in [6, 6.07) is 4.59. The monoisotopic (exact) mass is 340 g/mol. The fourth-order valence-electron chi connectivity index (χ4n) is 1.95. The standard InChI is InChI=1S/C15H15F3N4O2/c1-9-2-3-10(13(19)23)6-12(9)21-14(24)11-7-20-22(8-11)5-4-15(16,17)18/h2-3,6-8H,4-5H2,1H3,(H2,19,23)(H,21,24). The molecule has 1 heterocycles. The molecule has 2 aromatic rings. The second kappa shape index (κ2) is 6.73. The maximum absolute atomic E-state index is 12.2. The lowest BCUT2D eigenvalue weighted by molar-refractivity contribution is -0.137. The number of anilines is 1. The Balaban J connectivity index is 2.09. The Kier molecular flexibility index (Phi) is 4.91. The summed E-state index contributed by atoms with van der Waals surface area (Å²) in [5.41, 5.74) is 6.63. The first-order valence-corrected chi connectivity index (χ1v) is 6.97. The number of alkyl halides is 3. The van der Waals surface area contributed by atoms with E-state index in [2.05, 4.69) is 10.4 Å². The minimum absolute atomic E-state index is 0.112. The summed E-state index contributed by atoms with van der Waals surface area (Å²) >= 11 is 0. The van der Waals surface area contributed by atoms with E-state index in [9.17, 15) is 22.8 Å². The number of nitrogens with one attached hydrogen (secondary N) is 1. The van der Waals surface area contributed by atoms with Crippen LogP contribution in [0.3, 0.4) is 0 Å². The Labute approximate surface area is 135 Å². The molecule has 128 valence electrons. The van der Waals surface area contributed by atoms with E-state index < -0.39 is 24.4 Å². The third-order valence-corrected chi connectivity index (χ3v) is 3.29. The first-order valence-electron chi connectivity index (χ1n) is 6.97. The molecule has 0 unspecified atom stereocenters. The molecule has 0 aliphatic carbocycles. The first kappa shape index (κ1) is 17.5. The average molecular weight is 340 g/mol. The normalized spacial score (nSPS) is 11.3. The molecule has 2 rings (SSSR count). The fraction of sp³-hybridized carbons (Fsp3) is 0.267. The van der Waals surface area contributed by atoms with Gasteiger partial charge in [-0.15, -0.1) is 0 Å². The summed E-state index contributed by atoms with van der Waals surface area (Å²) in [6.45, 7) is 1.36. The zero-order valence-corrected chi connectivity index (χ0v) is 12.7. The number of carbonyl (C=O) groups excluding carboxylic acids is 2. The number of primary amides is 1. The van der Waals surface area contributed by atoms with Gasteiger partial charge in [0.25, 0.3) is 5.91 Å².